The molecule has 0 saturated heterocycles. The molecule has 118 valence electrons. The molecule has 1 aliphatic rings. The van der Waals surface area contributed by atoms with E-state index in [-0.39, 0.29) is 18.4 Å². The third-order valence-corrected chi connectivity index (χ3v) is 3.90. The molecular weight excluding hydrogens is 316 g/mol. The van der Waals surface area contributed by atoms with Crippen LogP contribution in [0.2, 0.25) is 5.02 Å². The Morgan fingerprint density at radius 2 is 1.87 bits per heavy atom. The molecule has 6 heteroatoms. The predicted octanol–water partition coefficient (Wildman–Crippen LogP) is 2.49. The number of hydrogen-bond donors (Lipinski definition) is 1. The van der Waals surface area contributed by atoms with Gasteiger partial charge in [0.15, 0.2) is 6.10 Å². The van der Waals surface area contributed by atoms with Crippen LogP contribution in [0, 0.1) is 0 Å². The van der Waals surface area contributed by atoms with Gasteiger partial charge in [0.05, 0.1) is 12.2 Å². The smallest absolute Gasteiger partial charge is 0.262 e. The molecule has 23 heavy (non-hydrogen) atoms. The minimum atomic E-state index is -0.744. The number of carbonyl (C=O) groups is 2. The number of anilines is 1. The van der Waals surface area contributed by atoms with Gasteiger partial charge in [-0.3, -0.25) is 9.59 Å². The first-order chi connectivity index (χ1) is 11.1. The van der Waals surface area contributed by atoms with Crippen LogP contribution in [0.25, 0.3) is 0 Å². The first-order valence-corrected chi connectivity index (χ1v) is 7.52. The Hall–Kier alpha value is -2.53. The summed E-state index contributed by atoms with van der Waals surface area (Å²) in [6.07, 6.45) is -0.744. The molecule has 1 heterocycles. The fourth-order valence-electron chi connectivity index (χ4n) is 2.47. The Balaban J connectivity index is 1.97. The highest BCUT2D eigenvalue weighted by atomic mass is 35.5. The Morgan fingerprint density at radius 3 is 2.57 bits per heavy atom. The molecular formula is C17H15ClN2O3. The van der Waals surface area contributed by atoms with Crippen molar-refractivity contribution in [2.24, 2.45) is 0 Å². The molecule has 1 atom stereocenters. The molecule has 0 spiro atoms. The maximum atomic E-state index is 12.8. The Bertz CT molecular complexity index is 746. The number of hydrogen-bond acceptors (Lipinski definition) is 3. The number of nitrogens with one attached hydrogen (secondary N) is 1. The molecule has 2 amide bonds. The molecule has 2 aromatic carbocycles. The van der Waals surface area contributed by atoms with Crippen LogP contribution in [0.4, 0.5) is 5.69 Å². The van der Waals surface area contributed by atoms with Crippen LogP contribution in [0.1, 0.15) is 10.4 Å². The lowest BCUT2D eigenvalue weighted by atomic mass is 10.1. The Kier molecular flexibility index (Phi) is 4.21. The first kappa shape index (κ1) is 15.4. The second kappa shape index (κ2) is 6.30. The molecule has 1 unspecified atom stereocenters. The topological polar surface area (TPSA) is 58.6 Å². The van der Waals surface area contributed by atoms with Gasteiger partial charge in [-0.15, -0.1) is 0 Å². The maximum absolute atomic E-state index is 12.8. The van der Waals surface area contributed by atoms with Gasteiger partial charge in [-0.2, -0.15) is 0 Å². The highest BCUT2D eigenvalue weighted by Crippen LogP contribution is 2.34. The van der Waals surface area contributed by atoms with Crippen molar-refractivity contribution in [3.05, 3.63) is 59.1 Å². The number of para-hydroxylation sites is 2. The number of fused-ring (bicyclic) bond motifs is 1. The highest BCUT2D eigenvalue weighted by molar-refractivity contribution is 6.30. The number of likely N-dealkylation sites (N-methyl/N-ethyl adjacent to an activating group) is 1. The predicted molar refractivity (Wildman–Crippen MR) is 88.1 cm³/mol. The number of benzene rings is 2. The standard InChI is InChI=1S/C17H15ClN2O3/c1-19-16(21)15-10-20(13-4-2-3-5-14(13)23-15)17(22)11-6-8-12(18)9-7-11/h2-9,15H,10H2,1H3,(H,19,21). The molecule has 5 nitrogen and oxygen atoms in total. The summed E-state index contributed by atoms with van der Waals surface area (Å²) < 4.78 is 5.69. The minimum absolute atomic E-state index is 0.151. The molecule has 2 aromatic rings. The van der Waals surface area contributed by atoms with Crippen molar-refractivity contribution in [2.45, 2.75) is 6.10 Å². The van der Waals surface area contributed by atoms with Crippen LogP contribution in [0.3, 0.4) is 0 Å². The van der Waals surface area contributed by atoms with Crippen molar-refractivity contribution in [3.8, 4) is 5.75 Å². The summed E-state index contributed by atoms with van der Waals surface area (Å²) in [6.45, 7) is 0.151. The van der Waals surface area contributed by atoms with Crippen molar-refractivity contribution in [2.75, 3.05) is 18.5 Å². The number of rotatable bonds is 2. The van der Waals surface area contributed by atoms with Crippen LogP contribution < -0.4 is 15.0 Å². The average Bonchev–Trinajstić information content (AvgIpc) is 2.60. The molecule has 0 saturated carbocycles. The zero-order chi connectivity index (χ0) is 16.4. The highest BCUT2D eigenvalue weighted by Gasteiger charge is 2.33. The van der Waals surface area contributed by atoms with Crippen LogP contribution in [-0.2, 0) is 4.79 Å². The third-order valence-electron chi connectivity index (χ3n) is 3.65. The molecule has 1 N–H and O–H groups in total. The van der Waals surface area contributed by atoms with Gasteiger partial charge in [-0.1, -0.05) is 23.7 Å². The fraction of sp³-hybridized carbons (Fsp3) is 0.176. The molecule has 3 rings (SSSR count). The molecule has 1 aliphatic heterocycles. The van der Waals surface area contributed by atoms with Crippen molar-refractivity contribution < 1.29 is 14.3 Å². The van der Waals surface area contributed by atoms with Crippen LogP contribution in [-0.4, -0.2) is 31.5 Å². The third kappa shape index (κ3) is 3.00. The van der Waals surface area contributed by atoms with Gasteiger partial charge >= 0.3 is 0 Å². The summed E-state index contributed by atoms with van der Waals surface area (Å²) in [4.78, 5) is 26.3. The van der Waals surface area contributed by atoms with Gasteiger partial charge < -0.3 is 15.0 Å². The molecule has 0 aliphatic carbocycles. The number of carbonyl (C=O) groups excluding carboxylic acids is 2. The quantitative estimate of drug-likeness (QED) is 0.920. The van der Waals surface area contributed by atoms with E-state index >= 15 is 0 Å². The van der Waals surface area contributed by atoms with Gasteiger partial charge in [0.2, 0.25) is 0 Å². The number of halogens is 1. The number of nitrogens with zero attached hydrogens (tertiary/aromatic N) is 1. The van der Waals surface area contributed by atoms with E-state index in [0.717, 1.165) is 0 Å². The Morgan fingerprint density at radius 1 is 1.17 bits per heavy atom. The fourth-order valence-corrected chi connectivity index (χ4v) is 2.60. The summed E-state index contributed by atoms with van der Waals surface area (Å²) in [7, 11) is 1.54. The lowest BCUT2D eigenvalue weighted by molar-refractivity contribution is -0.127. The van der Waals surface area contributed by atoms with Crippen molar-refractivity contribution in [1.82, 2.24) is 5.32 Å². The minimum Gasteiger partial charge on any atom is -0.477 e. The summed E-state index contributed by atoms with van der Waals surface area (Å²) >= 11 is 5.87. The average molecular weight is 331 g/mol. The lowest BCUT2D eigenvalue weighted by Crippen LogP contribution is -2.50. The second-order valence-corrected chi connectivity index (χ2v) is 5.55. The van der Waals surface area contributed by atoms with Crippen molar-refractivity contribution in [3.63, 3.8) is 0 Å². The van der Waals surface area contributed by atoms with Crippen LogP contribution >= 0.6 is 11.6 Å². The monoisotopic (exact) mass is 330 g/mol. The number of ether oxygens (including phenoxy) is 1. The van der Waals surface area contributed by atoms with E-state index < -0.39 is 6.10 Å². The summed E-state index contributed by atoms with van der Waals surface area (Å²) in [5, 5.41) is 3.12. The van der Waals surface area contributed by atoms with E-state index in [1.165, 1.54) is 7.05 Å². The van der Waals surface area contributed by atoms with Gasteiger partial charge in [0, 0.05) is 17.6 Å². The largest absolute Gasteiger partial charge is 0.477 e. The molecule has 0 aromatic heterocycles. The maximum Gasteiger partial charge on any atom is 0.262 e. The van der Waals surface area contributed by atoms with Gasteiger partial charge in [0.1, 0.15) is 5.75 Å². The van der Waals surface area contributed by atoms with E-state index in [4.69, 9.17) is 16.3 Å². The van der Waals surface area contributed by atoms with Gasteiger partial charge in [-0.25, -0.2) is 0 Å². The SMILES string of the molecule is CNC(=O)C1CN(C(=O)c2ccc(Cl)cc2)c2ccccc2O1. The Labute approximate surface area is 138 Å². The van der Waals surface area contributed by atoms with E-state index in [2.05, 4.69) is 5.32 Å². The van der Waals surface area contributed by atoms with Gasteiger partial charge in [0.25, 0.3) is 11.8 Å². The molecule has 0 fully saturated rings. The summed E-state index contributed by atoms with van der Waals surface area (Å²) in [5.41, 5.74) is 1.15. The van der Waals surface area contributed by atoms with Crippen LogP contribution in [0.5, 0.6) is 5.75 Å². The van der Waals surface area contributed by atoms with Crippen molar-refractivity contribution >= 4 is 29.1 Å². The summed E-state index contributed by atoms with van der Waals surface area (Å²) in [5.74, 6) is 0.0365. The van der Waals surface area contributed by atoms with E-state index in [9.17, 15) is 9.59 Å². The summed E-state index contributed by atoms with van der Waals surface area (Å²) in [6, 6.07) is 13.8. The van der Waals surface area contributed by atoms with E-state index in [1.54, 1.807) is 47.4 Å². The number of amides is 2. The zero-order valence-electron chi connectivity index (χ0n) is 12.5. The van der Waals surface area contributed by atoms with Crippen molar-refractivity contribution in [1.29, 1.82) is 0 Å². The van der Waals surface area contributed by atoms with E-state index in [1.807, 2.05) is 6.07 Å². The normalized spacial score (nSPS) is 16.3. The van der Waals surface area contributed by atoms with Crippen LogP contribution in [0.15, 0.2) is 48.5 Å². The first-order valence-electron chi connectivity index (χ1n) is 7.15. The molecule has 0 radical (unpaired) electrons. The molecule has 0 bridgehead atoms. The second-order valence-electron chi connectivity index (χ2n) is 5.11. The lowest BCUT2D eigenvalue weighted by Gasteiger charge is -2.34. The zero-order valence-corrected chi connectivity index (χ0v) is 13.2. The van der Waals surface area contributed by atoms with Gasteiger partial charge in [-0.05, 0) is 36.4 Å². The van der Waals surface area contributed by atoms with E-state index in [0.29, 0.717) is 22.0 Å².